The molecule has 0 radical (unpaired) electrons. The van der Waals surface area contributed by atoms with Gasteiger partial charge in [-0.3, -0.25) is 0 Å². The van der Waals surface area contributed by atoms with Crippen LogP contribution in [0.2, 0.25) is 0 Å². The van der Waals surface area contributed by atoms with Gasteiger partial charge in [-0.1, -0.05) is 36.4 Å². The average Bonchev–Trinajstić information content (AvgIpc) is 3.40. The van der Waals surface area contributed by atoms with Crippen LogP contribution in [-0.2, 0) is 5.41 Å². The number of urea groups is 1. The Morgan fingerprint density at radius 2 is 1.97 bits per heavy atom. The van der Waals surface area contributed by atoms with Crippen molar-refractivity contribution in [3.05, 3.63) is 47.5 Å². The summed E-state index contributed by atoms with van der Waals surface area (Å²) in [5, 5.41) is 3.25. The Labute approximate surface area is 182 Å². The fourth-order valence-electron chi connectivity index (χ4n) is 7.51. The standard InChI is InChI=1S/C26H35N3O.H2/c1-28(2)24(30)27-23-9-10-25(22-6-4-3-5-20(22)23)11-13-29(14-12-25)17-18-15-26-16-19(26)7-8-21(18)26;/h3-8,18-19,21,23H,9-17H2,1-2H3,(H,27,30);1H. The number of benzene rings is 1. The molecule has 1 aromatic carbocycles. The highest BCUT2D eigenvalue weighted by atomic mass is 16.2. The summed E-state index contributed by atoms with van der Waals surface area (Å²) in [5.74, 6) is 2.75. The van der Waals surface area contributed by atoms with E-state index < -0.39 is 0 Å². The molecule has 4 heteroatoms. The Morgan fingerprint density at radius 3 is 2.70 bits per heavy atom. The normalized spacial score (nSPS) is 37.7. The lowest BCUT2D eigenvalue weighted by atomic mass is 9.61. The molecule has 1 saturated heterocycles. The minimum absolute atomic E-state index is 0. The molecule has 5 unspecified atom stereocenters. The fourth-order valence-corrected chi connectivity index (χ4v) is 7.51. The van der Waals surface area contributed by atoms with E-state index >= 15 is 0 Å². The highest BCUT2D eigenvalue weighted by Crippen LogP contribution is 2.75. The first-order valence-electron chi connectivity index (χ1n) is 12.0. The first-order valence-corrected chi connectivity index (χ1v) is 12.0. The number of likely N-dealkylation sites (tertiary alicyclic amines) is 1. The minimum Gasteiger partial charge on any atom is -0.331 e. The molecule has 0 aromatic heterocycles. The molecular weight excluding hydrogens is 370 g/mol. The van der Waals surface area contributed by atoms with Crippen LogP contribution in [0.4, 0.5) is 4.79 Å². The van der Waals surface area contributed by atoms with Crippen molar-refractivity contribution < 1.29 is 6.22 Å². The zero-order valence-electron chi connectivity index (χ0n) is 18.4. The molecule has 1 aliphatic heterocycles. The van der Waals surface area contributed by atoms with Crippen LogP contribution in [0.3, 0.4) is 0 Å². The van der Waals surface area contributed by atoms with Crippen molar-refractivity contribution in [1.82, 2.24) is 15.1 Å². The largest absolute Gasteiger partial charge is 0.331 e. The maximum atomic E-state index is 12.3. The van der Waals surface area contributed by atoms with Gasteiger partial charge in [-0.25, -0.2) is 4.79 Å². The number of nitrogens with one attached hydrogen (secondary N) is 1. The summed E-state index contributed by atoms with van der Waals surface area (Å²) in [7, 11) is 3.63. The molecule has 3 fully saturated rings. The highest BCUT2D eigenvalue weighted by molar-refractivity contribution is 5.74. The second-order valence-electron chi connectivity index (χ2n) is 11.0. The molecule has 2 saturated carbocycles. The third-order valence-corrected chi connectivity index (χ3v) is 9.37. The van der Waals surface area contributed by atoms with Crippen molar-refractivity contribution in [2.45, 2.75) is 50.0 Å². The van der Waals surface area contributed by atoms with Crippen molar-refractivity contribution >= 4 is 6.03 Å². The number of piperidine rings is 1. The molecule has 162 valence electrons. The first-order chi connectivity index (χ1) is 14.5. The summed E-state index contributed by atoms with van der Waals surface area (Å²) >= 11 is 0. The van der Waals surface area contributed by atoms with E-state index in [1.165, 1.54) is 62.9 Å². The third-order valence-electron chi connectivity index (χ3n) is 9.37. The van der Waals surface area contributed by atoms with E-state index in [0.29, 0.717) is 5.41 Å². The van der Waals surface area contributed by atoms with Crippen molar-refractivity contribution in [2.75, 3.05) is 33.7 Å². The van der Waals surface area contributed by atoms with Crippen LogP contribution in [-0.4, -0.2) is 49.6 Å². The second-order valence-corrected chi connectivity index (χ2v) is 11.0. The predicted octanol–water partition coefficient (Wildman–Crippen LogP) is 4.58. The Kier molecular flexibility index (Phi) is 4.16. The lowest BCUT2D eigenvalue weighted by molar-refractivity contribution is 0.0335. The highest BCUT2D eigenvalue weighted by Gasteiger charge is 2.68. The summed E-state index contributed by atoms with van der Waals surface area (Å²) < 4.78 is 0. The van der Waals surface area contributed by atoms with Crippen LogP contribution in [0.25, 0.3) is 0 Å². The lowest BCUT2D eigenvalue weighted by Gasteiger charge is -2.50. The van der Waals surface area contributed by atoms with Gasteiger partial charge in [0.1, 0.15) is 0 Å². The average molecular weight is 408 g/mol. The quantitative estimate of drug-likeness (QED) is 0.744. The monoisotopic (exact) mass is 407 g/mol. The number of allylic oxidation sites excluding steroid dienone is 2. The molecule has 1 aromatic rings. The minimum atomic E-state index is 0. The van der Waals surface area contributed by atoms with Crippen LogP contribution < -0.4 is 5.32 Å². The van der Waals surface area contributed by atoms with Gasteiger partial charge in [-0.05, 0) is 91.3 Å². The number of amides is 2. The second kappa shape index (κ2) is 6.59. The smallest absolute Gasteiger partial charge is 0.317 e. The summed E-state index contributed by atoms with van der Waals surface area (Å²) in [5.41, 5.74) is 3.91. The predicted molar refractivity (Wildman–Crippen MR) is 121 cm³/mol. The summed E-state index contributed by atoms with van der Waals surface area (Å²) in [6.45, 7) is 3.77. The van der Waals surface area contributed by atoms with E-state index in [1.807, 2.05) is 14.1 Å². The molecule has 1 heterocycles. The van der Waals surface area contributed by atoms with Crippen molar-refractivity contribution in [2.24, 2.45) is 23.2 Å². The van der Waals surface area contributed by atoms with Crippen molar-refractivity contribution in [3.8, 4) is 0 Å². The SMILES string of the molecule is CN(C)C(=O)NC1CCC2(CCN(CC3CC45CC4C=CC35)CC2)c2ccccc21.[HH]. The van der Waals surface area contributed by atoms with Gasteiger partial charge in [0, 0.05) is 22.1 Å². The van der Waals surface area contributed by atoms with E-state index in [9.17, 15) is 4.79 Å². The Hall–Kier alpha value is -1.81. The van der Waals surface area contributed by atoms with Gasteiger partial charge in [0.05, 0.1) is 6.04 Å². The van der Waals surface area contributed by atoms with Crippen molar-refractivity contribution in [3.63, 3.8) is 0 Å². The Balaban J connectivity index is 0.00000204. The molecule has 4 aliphatic carbocycles. The summed E-state index contributed by atoms with van der Waals surface area (Å²) in [4.78, 5) is 16.7. The zero-order valence-corrected chi connectivity index (χ0v) is 18.4. The molecule has 6 rings (SSSR count). The maximum Gasteiger partial charge on any atom is 0.317 e. The first kappa shape index (κ1) is 18.9. The van der Waals surface area contributed by atoms with Gasteiger partial charge < -0.3 is 15.1 Å². The number of fused-ring (bicyclic) bond motifs is 2. The maximum absolute atomic E-state index is 12.3. The molecule has 5 aliphatic rings. The molecule has 2 amide bonds. The van der Waals surface area contributed by atoms with Crippen LogP contribution in [0.1, 0.15) is 57.1 Å². The van der Waals surface area contributed by atoms with Crippen LogP contribution in [0, 0.1) is 23.2 Å². The summed E-state index contributed by atoms with van der Waals surface area (Å²) in [6.07, 6.45) is 12.8. The molecule has 1 N–H and O–H groups in total. The summed E-state index contributed by atoms with van der Waals surface area (Å²) in [6, 6.07) is 9.06. The molecule has 2 spiro atoms. The van der Waals surface area contributed by atoms with Crippen LogP contribution in [0.5, 0.6) is 0 Å². The van der Waals surface area contributed by atoms with E-state index in [-0.39, 0.29) is 13.5 Å². The van der Waals surface area contributed by atoms with Crippen LogP contribution in [0.15, 0.2) is 36.4 Å². The van der Waals surface area contributed by atoms with Crippen LogP contribution >= 0.6 is 0 Å². The molecule has 4 nitrogen and oxygen atoms in total. The van der Waals surface area contributed by atoms with E-state index in [2.05, 4.69) is 46.6 Å². The van der Waals surface area contributed by atoms with E-state index in [4.69, 9.17) is 0 Å². The number of carbonyl (C=O) groups is 1. The Morgan fingerprint density at radius 1 is 1.17 bits per heavy atom. The molecule has 0 bridgehead atoms. The van der Waals surface area contributed by atoms with Gasteiger partial charge >= 0.3 is 6.03 Å². The van der Waals surface area contributed by atoms with Gasteiger partial charge in [0.2, 0.25) is 0 Å². The van der Waals surface area contributed by atoms with Crippen molar-refractivity contribution in [1.29, 1.82) is 0 Å². The molecular formula is C26H37N3O. The van der Waals surface area contributed by atoms with E-state index in [0.717, 1.165) is 29.6 Å². The van der Waals surface area contributed by atoms with Gasteiger partial charge in [-0.15, -0.1) is 0 Å². The lowest BCUT2D eigenvalue weighted by Crippen LogP contribution is -2.50. The molecule has 5 atom stereocenters. The van der Waals surface area contributed by atoms with Gasteiger partial charge in [0.15, 0.2) is 0 Å². The zero-order chi connectivity index (χ0) is 20.5. The fraction of sp³-hybridized carbons (Fsp3) is 0.654. The Bertz CT molecular complexity index is 890. The number of hydrogen-bond donors (Lipinski definition) is 1. The molecule has 30 heavy (non-hydrogen) atoms. The number of carbonyl (C=O) groups excluding carboxylic acids is 1. The van der Waals surface area contributed by atoms with Gasteiger partial charge in [0.25, 0.3) is 0 Å². The van der Waals surface area contributed by atoms with E-state index in [1.54, 1.807) is 4.90 Å². The topological polar surface area (TPSA) is 35.6 Å². The number of rotatable bonds is 3. The number of hydrogen-bond acceptors (Lipinski definition) is 2. The number of nitrogens with zero attached hydrogens (tertiary/aromatic N) is 2. The third kappa shape index (κ3) is 2.72. The van der Waals surface area contributed by atoms with Gasteiger partial charge in [-0.2, -0.15) is 0 Å².